The van der Waals surface area contributed by atoms with Crippen LogP contribution in [0.2, 0.25) is 0 Å². The first-order chi connectivity index (χ1) is 6.97. The van der Waals surface area contributed by atoms with Crippen LogP contribution in [0.4, 0.5) is 0 Å². The van der Waals surface area contributed by atoms with Gasteiger partial charge in [0.05, 0.1) is 32.0 Å². The van der Waals surface area contributed by atoms with Gasteiger partial charge in [0.15, 0.2) is 0 Å². The molecule has 1 aliphatic carbocycles. The predicted octanol–water partition coefficient (Wildman–Crippen LogP) is 1.98. The third kappa shape index (κ3) is 5.50. The van der Waals surface area contributed by atoms with Crippen LogP contribution in [0.15, 0.2) is 0 Å². The maximum absolute atomic E-state index is 8.52. The summed E-state index contributed by atoms with van der Waals surface area (Å²) in [6, 6.07) is 0. The van der Waals surface area contributed by atoms with E-state index in [1.807, 2.05) is 0 Å². The zero-order valence-corrected chi connectivity index (χ0v) is 10.2. The lowest BCUT2D eigenvalue weighted by Crippen LogP contribution is -2.24. The standard InChI is InChI=1S/C12H24O3/c1-11(2,3)10-12(4-5-12)15-9-8-14-7-6-13/h13H,4-10H2,1-3H3. The number of aliphatic hydroxyl groups is 1. The summed E-state index contributed by atoms with van der Waals surface area (Å²) in [6.45, 7) is 8.49. The summed E-state index contributed by atoms with van der Waals surface area (Å²) in [4.78, 5) is 0. The molecule has 0 amide bonds. The van der Waals surface area contributed by atoms with Gasteiger partial charge in [-0.25, -0.2) is 0 Å². The molecule has 1 aliphatic rings. The highest BCUT2D eigenvalue weighted by molar-refractivity contribution is 4.98. The summed E-state index contributed by atoms with van der Waals surface area (Å²) in [5, 5.41) is 8.52. The molecule has 0 unspecified atom stereocenters. The van der Waals surface area contributed by atoms with Gasteiger partial charge in [0.25, 0.3) is 0 Å². The molecule has 0 aromatic rings. The van der Waals surface area contributed by atoms with Gasteiger partial charge in [-0.2, -0.15) is 0 Å². The number of ether oxygens (including phenoxy) is 2. The predicted molar refractivity (Wildman–Crippen MR) is 59.9 cm³/mol. The van der Waals surface area contributed by atoms with Crippen LogP contribution in [0.5, 0.6) is 0 Å². The Kier molecular flexibility index (Phi) is 4.56. The van der Waals surface area contributed by atoms with Gasteiger partial charge >= 0.3 is 0 Å². The molecule has 1 rings (SSSR count). The molecular weight excluding hydrogens is 192 g/mol. The van der Waals surface area contributed by atoms with Crippen LogP contribution in [0.1, 0.15) is 40.0 Å². The molecule has 0 aliphatic heterocycles. The van der Waals surface area contributed by atoms with Crippen molar-refractivity contribution < 1.29 is 14.6 Å². The Morgan fingerprint density at radius 3 is 2.27 bits per heavy atom. The van der Waals surface area contributed by atoms with Gasteiger partial charge < -0.3 is 14.6 Å². The third-order valence-corrected chi connectivity index (χ3v) is 2.53. The van der Waals surface area contributed by atoms with Crippen molar-refractivity contribution in [1.29, 1.82) is 0 Å². The summed E-state index contributed by atoms with van der Waals surface area (Å²) in [7, 11) is 0. The molecular formula is C12H24O3. The molecule has 90 valence electrons. The van der Waals surface area contributed by atoms with E-state index in [1.54, 1.807) is 0 Å². The number of aliphatic hydroxyl groups excluding tert-OH is 1. The van der Waals surface area contributed by atoms with Crippen LogP contribution in [0.25, 0.3) is 0 Å². The normalized spacial score (nSPS) is 19.2. The second-order valence-electron chi connectivity index (χ2n) is 5.60. The van der Waals surface area contributed by atoms with Crippen molar-refractivity contribution in [2.75, 3.05) is 26.4 Å². The fourth-order valence-electron chi connectivity index (χ4n) is 1.96. The minimum atomic E-state index is 0.0904. The Morgan fingerprint density at radius 2 is 1.80 bits per heavy atom. The van der Waals surface area contributed by atoms with E-state index in [-0.39, 0.29) is 12.2 Å². The van der Waals surface area contributed by atoms with Crippen LogP contribution in [0.3, 0.4) is 0 Å². The Balaban J connectivity index is 2.10. The van der Waals surface area contributed by atoms with Crippen LogP contribution in [-0.2, 0) is 9.47 Å². The summed E-state index contributed by atoms with van der Waals surface area (Å²) in [6.07, 6.45) is 3.49. The molecule has 0 spiro atoms. The summed E-state index contributed by atoms with van der Waals surface area (Å²) >= 11 is 0. The first-order valence-corrected chi connectivity index (χ1v) is 5.80. The van der Waals surface area contributed by atoms with Crippen molar-refractivity contribution >= 4 is 0 Å². The van der Waals surface area contributed by atoms with Crippen molar-refractivity contribution in [3.8, 4) is 0 Å². The Bertz CT molecular complexity index is 180. The maximum atomic E-state index is 8.52. The second-order valence-corrected chi connectivity index (χ2v) is 5.60. The van der Waals surface area contributed by atoms with E-state index in [0.29, 0.717) is 25.2 Å². The van der Waals surface area contributed by atoms with Gasteiger partial charge in [-0.15, -0.1) is 0 Å². The van der Waals surface area contributed by atoms with Gasteiger partial charge in [-0.1, -0.05) is 20.8 Å². The molecule has 3 nitrogen and oxygen atoms in total. The van der Waals surface area contributed by atoms with Crippen LogP contribution in [0, 0.1) is 5.41 Å². The molecule has 1 saturated carbocycles. The highest BCUT2D eigenvalue weighted by Gasteiger charge is 2.46. The molecule has 15 heavy (non-hydrogen) atoms. The van der Waals surface area contributed by atoms with Gasteiger partial charge in [0, 0.05) is 0 Å². The number of hydrogen-bond acceptors (Lipinski definition) is 3. The minimum absolute atomic E-state index is 0.0904. The van der Waals surface area contributed by atoms with Crippen molar-refractivity contribution in [3.63, 3.8) is 0 Å². The second kappa shape index (κ2) is 5.28. The minimum Gasteiger partial charge on any atom is -0.394 e. The van der Waals surface area contributed by atoms with Crippen LogP contribution >= 0.6 is 0 Å². The third-order valence-electron chi connectivity index (χ3n) is 2.53. The molecule has 0 aromatic heterocycles. The van der Waals surface area contributed by atoms with Crippen molar-refractivity contribution in [2.45, 2.75) is 45.6 Å². The first-order valence-electron chi connectivity index (χ1n) is 5.80. The molecule has 0 aromatic carbocycles. The Morgan fingerprint density at radius 1 is 1.13 bits per heavy atom. The molecule has 0 saturated heterocycles. The largest absolute Gasteiger partial charge is 0.394 e. The summed E-state index contributed by atoms with van der Waals surface area (Å²) in [5.41, 5.74) is 0.475. The first kappa shape index (κ1) is 12.9. The van der Waals surface area contributed by atoms with Gasteiger partial charge in [-0.3, -0.25) is 0 Å². The monoisotopic (exact) mass is 216 g/mol. The number of hydrogen-bond donors (Lipinski definition) is 1. The lowest BCUT2D eigenvalue weighted by Gasteiger charge is -2.26. The lowest BCUT2D eigenvalue weighted by molar-refractivity contribution is -0.0309. The van der Waals surface area contributed by atoms with E-state index < -0.39 is 0 Å². The smallest absolute Gasteiger partial charge is 0.0708 e. The van der Waals surface area contributed by atoms with E-state index in [1.165, 1.54) is 12.8 Å². The SMILES string of the molecule is CC(C)(C)CC1(OCCOCCO)CC1. The molecule has 1 N–H and O–H groups in total. The lowest BCUT2D eigenvalue weighted by atomic mass is 9.88. The van der Waals surface area contributed by atoms with Gasteiger partial charge in [0.1, 0.15) is 0 Å². The quantitative estimate of drug-likeness (QED) is 0.661. The molecule has 3 heteroatoms. The van der Waals surface area contributed by atoms with E-state index in [0.717, 1.165) is 6.42 Å². The highest BCUT2D eigenvalue weighted by Crippen LogP contribution is 2.47. The average molecular weight is 216 g/mol. The van der Waals surface area contributed by atoms with Crippen molar-refractivity contribution in [1.82, 2.24) is 0 Å². The van der Waals surface area contributed by atoms with Gasteiger partial charge in [0.2, 0.25) is 0 Å². The topological polar surface area (TPSA) is 38.7 Å². The molecule has 0 heterocycles. The van der Waals surface area contributed by atoms with Crippen molar-refractivity contribution in [2.24, 2.45) is 5.41 Å². The van der Waals surface area contributed by atoms with Crippen LogP contribution in [-0.4, -0.2) is 37.1 Å². The van der Waals surface area contributed by atoms with E-state index in [4.69, 9.17) is 14.6 Å². The maximum Gasteiger partial charge on any atom is 0.0708 e. The summed E-state index contributed by atoms with van der Waals surface area (Å²) < 4.78 is 11.0. The molecule has 0 radical (unpaired) electrons. The Hall–Kier alpha value is -0.120. The average Bonchev–Trinajstić information content (AvgIpc) is 2.82. The van der Waals surface area contributed by atoms with Crippen molar-refractivity contribution in [3.05, 3.63) is 0 Å². The van der Waals surface area contributed by atoms with Crippen LogP contribution < -0.4 is 0 Å². The molecule has 0 atom stereocenters. The zero-order valence-electron chi connectivity index (χ0n) is 10.2. The summed E-state index contributed by atoms with van der Waals surface area (Å²) in [5.74, 6) is 0. The zero-order chi connectivity index (χ0) is 11.4. The molecule has 1 fully saturated rings. The fraction of sp³-hybridized carbons (Fsp3) is 1.00. The molecule has 0 bridgehead atoms. The highest BCUT2D eigenvalue weighted by atomic mass is 16.5. The number of rotatable bonds is 7. The fourth-order valence-corrected chi connectivity index (χ4v) is 1.96. The van der Waals surface area contributed by atoms with E-state index >= 15 is 0 Å². The van der Waals surface area contributed by atoms with E-state index in [9.17, 15) is 0 Å². The van der Waals surface area contributed by atoms with Gasteiger partial charge in [-0.05, 0) is 24.7 Å². The Labute approximate surface area is 92.8 Å². The van der Waals surface area contributed by atoms with E-state index in [2.05, 4.69) is 20.8 Å².